The van der Waals surface area contributed by atoms with Crippen LogP contribution >= 0.6 is 27.3 Å². The van der Waals surface area contributed by atoms with E-state index in [-0.39, 0.29) is 5.75 Å². The molecule has 0 atom stereocenters. The molecule has 90 valence electrons. The molecule has 0 aliphatic rings. The van der Waals surface area contributed by atoms with Crippen molar-refractivity contribution in [3.8, 4) is 11.3 Å². The van der Waals surface area contributed by atoms with Gasteiger partial charge in [-0.2, -0.15) is 0 Å². The van der Waals surface area contributed by atoms with Crippen LogP contribution < -0.4 is 5.14 Å². The Morgan fingerprint density at radius 2 is 2.06 bits per heavy atom. The molecule has 7 heteroatoms. The van der Waals surface area contributed by atoms with Crippen LogP contribution in [0, 0.1) is 0 Å². The standard InChI is InChI=1S/C10H9BrN2O2S2/c11-8-4-2-1-3-7(8)9-5-16-10(13-9)6-17(12,14)15/h1-5H,6H2,(H2,12,14,15). The minimum atomic E-state index is -3.52. The van der Waals surface area contributed by atoms with Gasteiger partial charge in [-0.25, -0.2) is 18.5 Å². The van der Waals surface area contributed by atoms with Gasteiger partial charge in [0.05, 0.1) is 5.69 Å². The van der Waals surface area contributed by atoms with Crippen molar-refractivity contribution in [2.45, 2.75) is 5.75 Å². The Bertz CT molecular complexity index is 637. The maximum Gasteiger partial charge on any atom is 0.215 e. The third-order valence-corrected chi connectivity index (χ3v) is 4.43. The second-order valence-corrected chi connectivity index (χ2v) is 6.82. The van der Waals surface area contributed by atoms with Crippen LogP contribution in [-0.2, 0) is 15.8 Å². The number of thiazole rings is 1. The van der Waals surface area contributed by atoms with E-state index in [9.17, 15) is 8.42 Å². The van der Waals surface area contributed by atoms with Crippen LogP contribution in [0.5, 0.6) is 0 Å². The summed E-state index contributed by atoms with van der Waals surface area (Å²) in [5.41, 5.74) is 1.69. The Hall–Kier alpha value is -0.760. The van der Waals surface area contributed by atoms with Crippen molar-refractivity contribution < 1.29 is 8.42 Å². The molecule has 0 bridgehead atoms. The summed E-state index contributed by atoms with van der Waals surface area (Å²) in [4.78, 5) is 4.26. The normalized spacial score (nSPS) is 11.6. The number of rotatable bonds is 3. The van der Waals surface area contributed by atoms with Crippen molar-refractivity contribution in [3.63, 3.8) is 0 Å². The van der Waals surface area contributed by atoms with E-state index in [1.54, 1.807) is 0 Å². The lowest BCUT2D eigenvalue weighted by Gasteiger charge is -1.99. The molecule has 0 spiro atoms. The van der Waals surface area contributed by atoms with Gasteiger partial charge in [0.25, 0.3) is 0 Å². The van der Waals surface area contributed by atoms with Crippen molar-refractivity contribution >= 4 is 37.3 Å². The molecule has 0 aliphatic carbocycles. The smallest absolute Gasteiger partial charge is 0.215 e. The molecule has 0 radical (unpaired) electrons. The highest BCUT2D eigenvalue weighted by Gasteiger charge is 2.11. The minimum Gasteiger partial charge on any atom is -0.240 e. The van der Waals surface area contributed by atoms with Crippen molar-refractivity contribution in [1.29, 1.82) is 0 Å². The van der Waals surface area contributed by atoms with Crippen LogP contribution in [-0.4, -0.2) is 13.4 Å². The molecule has 2 aromatic rings. The molecule has 0 fully saturated rings. The number of primary sulfonamides is 1. The van der Waals surface area contributed by atoms with Crippen molar-refractivity contribution in [2.24, 2.45) is 5.14 Å². The van der Waals surface area contributed by atoms with Gasteiger partial charge in [0, 0.05) is 15.4 Å². The Balaban J connectivity index is 2.34. The van der Waals surface area contributed by atoms with Crippen LogP contribution in [0.25, 0.3) is 11.3 Å². The zero-order valence-electron chi connectivity index (χ0n) is 8.63. The molecule has 0 amide bonds. The molecule has 1 heterocycles. The number of hydrogen-bond donors (Lipinski definition) is 1. The highest BCUT2D eigenvalue weighted by Crippen LogP contribution is 2.29. The van der Waals surface area contributed by atoms with E-state index in [0.717, 1.165) is 15.7 Å². The van der Waals surface area contributed by atoms with Gasteiger partial charge in [0.1, 0.15) is 10.8 Å². The molecule has 1 aromatic carbocycles. The van der Waals surface area contributed by atoms with Gasteiger partial charge in [-0.3, -0.25) is 0 Å². The van der Waals surface area contributed by atoms with E-state index in [1.165, 1.54) is 11.3 Å². The van der Waals surface area contributed by atoms with E-state index in [4.69, 9.17) is 5.14 Å². The number of benzene rings is 1. The van der Waals surface area contributed by atoms with Crippen molar-refractivity contribution in [3.05, 3.63) is 39.1 Å². The van der Waals surface area contributed by atoms with Crippen LogP contribution in [0.4, 0.5) is 0 Å². The van der Waals surface area contributed by atoms with E-state index >= 15 is 0 Å². The summed E-state index contributed by atoms with van der Waals surface area (Å²) in [6.07, 6.45) is 0. The molecular formula is C10H9BrN2O2S2. The number of hydrogen-bond acceptors (Lipinski definition) is 4. The predicted octanol–water partition coefficient (Wildman–Crippen LogP) is 2.36. The van der Waals surface area contributed by atoms with Gasteiger partial charge in [0.2, 0.25) is 10.0 Å². The van der Waals surface area contributed by atoms with Crippen molar-refractivity contribution in [1.82, 2.24) is 4.98 Å². The molecule has 0 aliphatic heterocycles. The van der Waals surface area contributed by atoms with E-state index < -0.39 is 10.0 Å². The summed E-state index contributed by atoms with van der Waals surface area (Å²) < 4.78 is 22.8. The van der Waals surface area contributed by atoms with Gasteiger partial charge in [-0.1, -0.05) is 34.1 Å². The number of nitrogens with two attached hydrogens (primary N) is 1. The summed E-state index contributed by atoms with van der Waals surface area (Å²) in [6.45, 7) is 0. The molecule has 1 aromatic heterocycles. The molecule has 17 heavy (non-hydrogen) atoms. The fourth-order valence-electron chi connectivity index (χ4n) is 1.34. The van der Waals surface area contributed by atoms with Gasteiger partial charge < -0.3 is 0 Å². The minimum absolute atomic E-state index is 0.220. The van der Waals surface area contributed by atoms with E-state index in [2.05, 4.69) is 20.9 Å². The fourth-order valence-corrected chi connectivity index (χ4v) is 3.58. The highest BCUT2D eigenvalue weighted by atomic mass is 79.9. The molecular weight excluding hydrogens is 324 g/mol. The molecule has 0 saturated heterocycles. The second-order valence-electron chi connectivity index (χ2n) is 3.41. The van der Waals surface area contributed by atoms with Crippen LogP contribution in [0.3, 0.4) is 0 Å². The highest BCUT2D eigenvalue weighted by molar-refractivity contribution is 9.10. The first-order valence-electron chi connectivity index (χ1n) is 4.65. The van der Waals surface area contributed by atoms with Crippen molar-refractivity contribution in [2.75, 3.05) is 0 Å². The summed E-state index contributed by atoms with van der Waals surface area (Å²) in [5, 5.41) is 7.29. The van der Waals surface area contributed by atoms with Gasteiger partial charge in [0.15, 0.2) is 0 Å². The van der Waals surface area contributed by atoms with Crippen LogP contribution in [0.15, 0.2) is 34.1 Å². The lowest BCUT2D eigenvalue weighted by molar-refractivity contribution is 0.597. The van der Waals surface area contributed by atoms with E-state index in [1.807, 2.05) is 29.6 Å². The average Bonchev–Trinajstić information content (AvgIpc) is 2.64. The Labute approximate surface area is 112 Å². The Morgan fingerprint density at radius 3 is 2.71 bits per heavy atom. The summed E-state index contributed by atoms with van der Waals surface area (Å²) >= 11 is 4.71. The second kappa shape index (κ2) is 4.85. The third-order valence-electron chi connectivity index (χ3n) is 2.03. The summed E-state index contributed by atoms with van der Waals surface area (Å²) in [7, 11) is -3.52. The van der Waals surface area contributed by atoms with Gasteiger partial charge in [-0.15, -0.1) is 11.3 Å². The first-order valence-corrected chi connectivity index (χ1v) is 8.04. The number of sulfonamides is 1. The molecule has 4 nitrogen and oxygen atoms in total. The number of halogens is 1. The van der Waals surface area contributed by atoms with Gasteiger partial charge >= 0.3 is 0 Å². The molecule has 0 unspecified atom stereocenters. The van der Waals surface area contributed by atoms with E-state index in [0.29, 0.717) is 5.01 Å². The zero-order chi connectivity index (χ0) is 12.5. The number of nitrogens with zero attached hydrogens (tertiary/aromatic N) is 1. The largest absolute Gasteiger partial charge is 0.240 e. The molecule has 0 saturated carbocycles. The quantitative estimate of drug-likeness (QED) is 0.937. The average molecular weight is 333 g/mol. The molecule has 2 rings (SSSR count). The summed E-state index contributed by atoms with van der Waals surface area (Å²) in [5.74, 6) is -0.220. The zero-order valence-corrected chi connectivity index (χ0v) is 11.8. The maximum absolute atomic E-state index is 10.9. The van der Waals surface area contributed by atoms with Crippen LogP contribution in [0.1, 0.15) is 5.01 Å². The topological polar surface area (TPSA) is 73.1 Å². The van der Waals surface area contributed by atoms with Gasteiger partial charge in [-0.05, 0) is 6.07 Å². The monoisotopic (exact) mass is 332 g/mol. The summed E-state index contributed by atoms with van der Waals surface area (Å²) in [6, 6.07) is 7.64. The Kier molecular flexibility index (Phi) is 3.62. The molecule has 2 N–H and O–H groups in total. The lowest BCUT2D eigenvalue weighted by atomic mass is 10.2. The fraction of sp³-hybridized carbons (Fsp3) is 0.100. The Morgan fingerprint density at radius 1 is 1.35 bits per heavy atom. The first-order chi connectivity index (χ1) is 7.96. The third kappa shape index (κ3) is 3.35. The first kappa shape index (κ1) is 12.7. The SMILES string of the molecule is NS(=O)(=O)Cc1nc(-c2ccccc2Br)cs1. The lowest BCUT2D eigenvalue weighted by Crippen LogP contribution is -2.14. The van der Waals surface area contributed by atoms with Crippen LogP contribution in [0.2, 0.25) is 0 Å². The maximum atomic E-state index is 10.9. The number of aromatic nitrogens is 1. The predicted molar refractivity (Wildman–Crippen MR) is 72.1 cm³/mol.